The van der Waals surface area contributed by atoms with Crippen LogP contribution in [0.15, 0.2) is 11.3 Å². The first-order valence-electron chi connectivity index (χ1n) is 4.27. The van der Waals surface area contributed by atoms with Crippen molar-refractivity contribution in [1.29, 1.82) is 5.26 Å². The summed E-state index contributed by atoms with van der Waals surface area (Å²) in [5, 5.41) is 8.74. The summed E-state index contributed by atoms with van der Waals surface area (Å²) >= 11 is 0. The maximum absolute atomic E-state index is 11.4. The zero-order valence-corrected chi connectivity index (χ0v) is 9.77. The summed E-state index contributed by atoms with van der Waals surface area (Å²) < 4.78 is 21.6. The summed E-state index contributed by atoms with van der Waals surface area (Å²) in [6, 6.07) is 1.92. The third kappa shape index (κ3) is 2.26. The molecule has 0 radical (unpaired) electrons. The Hall–Kier alpha value is -1.02. The Bertz CT molecular complexity index is 386. The van der Waals surface area contributed by atoms with Crippen LogP contribution in [-0.2, 0) is 9.84 Å². The van der Waals surface area contributed by atoms with Crippen molar-refractivity contribution in [2.45, 2.75) is 31.9 Å². The summed E-state index contributed by atoms with van der Waals surface area (Å²) in [6.07, 6.45) is 1.56. The second-order valence-corrected chi connectivity index (χ2v) is 6.21. The van der Waals surface area contributed by atoms with E-state index in [1.807, 2.05) is 6.07 Å². The Labute approximate surface area is 85.3 Å². The number of allylic oxidation sites excluding steroid dienone is 1. The molecular formula is C9H16N2O2S. The van der Waals surface area contributed by atoms with Gasteiger partial charge in [-0.1, -0.05) is 6.92 Å². The van der Waals surface area contributed by atoms with Gasteiger partial charge in [0.1, 0.15) is 4.75 Å². The number of nitrogens with zero attached hydrogens (tertiary/aromatic N) is 1. The van der Waals surface area contributed by atoms with Gasteiger partial charge >= 0.3 is 0 Å². The maximum Gasteiger partial charge on any atom is 0.158 e. The topological polar surface area (TPSA) is 83.9 Å². The van der Waals surface area contributed by atoms with Crippen LogP contribution in [0.5, 0.6) is 0 Å². The molecular weight excluding hydrogens is 200 g/mol. The SMILES string of the molecule is CCC(C#N)=C(N)C(C)(C)S(C)(=O)=O. The second kappa shape index (κ2) is 4.01. The quantitative estimate of drug-likeness (QED) is 0.712. The molecule has 0 heterocycles. The predicted octanol–water partition coefficient (Wildman–Crippen LogP) is 0.956. The maximum atomic E-state index is 11.4. The summed E-state index contributed by atoms with van der Waals surface area (Å²) in [5.74, 6) is 0. The first-order valence-corrected chi connectivity index (χ1v) is 6.16. The average molecular weight is 216 g/mol. The van der Waals surface area contributed by atoms with Crippen LogP contribution in [0.25, 0.3) is 0 Å². The van der Waals surface area contributed by atoms with Crippen molar-refractivity contribution in [3.05, 3.63) is 11.3 Å². The first-order chi connectivity index (χ1) is 6.18. The van der Waals surface area contributed by atoms with E-state index in [1.165, 1.54) is 13.8 Å². The minimum absolute atomic E-state index is 0.144. The van der Waals surface area contributed by atoms with Crippen LogP contribution < -0.4 is 5.73 Å². The van der Waals surface area contributed by atoms with Gasteiger partial charge in [-0.25, -0.2) is 8.42 Å². The molecule has 0 spiro atoms. The van der Waals surface area contributed by atoms with Crippen LogP contribution in [0.4, 0.5) is 0 Å². The highest BCUT2D eigenvalue weighted by Crippen LogP contribution is 2.24. The van der Waals surface area contributed by atoms with Gasteiger partial charge in [0.05, 0.1) is 6.07 Å². The fourth-order valence-electron chi connectivity index (χ4n) is 0.893. The third-order valence-corrected chi connectivity index (χ3v) is 4.46. The minimum atomic E-state index is -3.30. The van der Waals surface area contributed by atoms with Gasteiger partial charge in [0.2, 0.25) is 0 Å². The molecule has 0 rings (SSSR count). The van der Waals surface area contributed by atoms with Gasteiger partial charge in [-0.05, 0) is 20.3 Å². The average Bonchev–Trinajstić information content (AvgIpc) is 2.04. The van der Waals surface area contributed by atoms with E-state index < -0.39 is 14.6 Å². The molecule has 0 saturated heterocycles. The fourth-order valence-corrected chi connectivity index (χ4v) is 1.42. The van der Waals surface area contributed by atoms with E-state index in [-0.39, 0.29) is 5.70 Å². The summed E-state index contributed by atoms with van der Waals surface area (Å²) in [6.45, 7) is 4.78. The Morgan fingerprint density at radius 2 is 1.93 bits per heavy atom. The zero-order chi connectivity index (χ0) is 11.6. The van der Waals surface area contributed by atoms with Crippen molar-refractivity contribution in [1.82, 2.24) is 0 Å². The second-order valence-electron chi connectivity index (χ2n) is 3.64. The van der Waals surface area contributed by atoms with E-state index in [0.29, 0.717) is 12.0 Å². The number of sulfone groups is 1. The van der Waals surface area contributed by atoms with E-state index in [2.05, 4.69) is 0 Å². The van der Waals surface area contributed by atoms with Crippen molar-refractivity contribution in [2.24, 2.45) is 5.73 Å². The van der Waals surface area contributed by atoms with Gasteiger partial charge in [-0.2, -0.15) is 5.26 Å². The smallest absolute Gasteiger partial charge is 0.158 e. The van der Waals surface area contributed by atoms with Gasteiger partial charge in [0.15, 0.2) is 9.84 Å². The monoisotopic (exact) mass is 216 g/mol. The van der Waals surface area contributed by atoms with Crippen LogP contribution in [0, 0.1) is 11.3 Å². The molecule has 4 nitrogen and oxygen atoms in total. The Morgan fingerprint density at radius 3 is 2.14 bits per heavy atom. The molecule has 0 aliphatic heterocycles. The van der Waals surface area contributed by atoms with Crippen molar-refractivity contribution < 1.29 is 8.42 Å². The van der Waals surface area contributed by atoms with E-state index in [0.717, 1.165) is 6.26 Å². The van der Waals surface area contributed by atoms with Crippen LogP contribution in [-0.4, -0.2) is 19.4 Å². The van der Waals surface area contributed by atoms with Gasteiger partial charge in [0.25, 0.3) is 0 Å². The fraction of sp³-hybridized carbons (Fsp3) is 0.667. The molecule has 14 heavy (non-hydrogen) atoms. The highest BCUT2D eigenvalue weighted by atomic mass is 32.2. The van der Waals surface area contributed by atoms with Crippen molar-refractivity contribution in [3.63, 3.8) is 0 Å². The standard InChI is InChI=1S/C9H16N2O2S/c1-5-7(6-10)8(11)9(2,3)14(4,12)13/h5,11H2,1-4H3. The van der Waals surface area contributed by atoms with Crippen molar-refractivity contribution in [2.75, 3.05) is 6.26 Å². The summed E-state index contributed by atoms with van der Waals surface area (Å²) in [7, 11) is -3.30. The third-order valence-electron chi connectivity index (χ3n) is 2.39. The van der Waals surface area contributed by atoms with E-state index in [9.17, 15) is 8.42 Å². The number of hydrogen-bond acceptors (Lipinski definition) is 4. The molecule has 0 saturated carbocycles. The van der Waals surface area contributed by atoms with E-state index >= 15 is 0 Å². The van der Waals surface area contributed by atoms with Crippen LogP contribution in [0.1, 0.15) is 27.2 Å². The highest BCUT2D eigenvalue weighted by Gasteiger charge is 2.34. The molecule has 0 atom stereocenters. The Morgan fingerprint density at radius 1 is 1.50 bits per heavy atom. The molecule has 0 aliphatic rings. The summed E-state index contributed by atoms with van der Waals surface area (Å²) in [4.78, 5) is 0. The number of hydrogen-bond donors (Lipinski definition) is 1. The molecule has 0 aromatic heterocycles. The highest BCUT2D eigenvalue weighted by molar-refractivity contribution is 7.92. The normalized spacial score (nSPS) is 14.5. The van der Waals surface area contributed by atoms with Gasteiger partial charge < -0.3 is 5.73 Å². The molecule has 80 valence electrons. The first kappa shape index (κ1) is 13.0. The molecule has 0 aliphatic carbocycles. The largest absolute Gasteiger partial charge is 0.400 e. The van der Waals surface area contributed by atoms with E-state index in [1.54, 1.807) is 6.92 Å². The minimum Gasteiger partial charge on any atom is -0.400 e. The van der Waals surface area contributed by atoms with Gasteiger partial charge in [-0.3, -0.25) is 0 Å². The van der Waals surface area contributed by atoms with Crippen LogP contribution >= 0.6 is 0 Å². The lowest BCUT2D eigenvalue weighted by Gasteiger charge is -2.24. The lowest BCUT2D eigenvalue weighted by molar-refractivity contribution is 0.570. The lowest BCUT2D eigenvalue weighted by atomic mass is 10.0. The molecule has 2 N–H and O–H groups in total. The number of nitriles is 1. The molecule has 5 heteroatoms. The Balaban J connectivity index is 5.57. The van der Waals surface area contributed by atoms with Crippen LogP contribution in [0.3, 0.4) is 0 Å². The Kier molecular flexibility index (Phi) is 3.72. The van der Waals surface area contributed by atoms with Crippen LogP contribution in [0.2, 0.25) is 0 Å². The number of nitrogens with two attached hydrogens (primary N) is 1. The zero-order valence-electron chi connectivity index (χ0n) is 8.96. The number of rotatable bonds is 3. The molecule has 0 bridgehead atoms. The molecule has 0 fully saturated rings. The van der Waals surface area contributed by atoms with E-state index in [4.69, 9.17) is 11.0 Å². The summed E-state index contributed by atoms with van der Waals surface area (Å²) in [5.41, 5.74) is 6.16. The molecule has 0 unspecified atom stereocenters. The lowest BCUT2D eigenvalue weighted by Crippen LogP contribution is -2.37. The molecule has 0 amide bonds. The van der Waals surface area contributed by atoms with Crippen molar-refractivity contribution >= 4 is 9.84 Å². The van der Waals surface area contributed by atoms with Gasteiger partial charge in [0, 0.05) is 17.5 Å². The predicted molar refractivity (Wildman–Crippen MR) is 56.0 cm³/mol. The van der Waals surface area contributed by atoms with Crippen molar-refractivity contribution in [3.8, 4) is 6.07 Å². The molecule has 0 aromatic carbocycles. The van der Waals surface area contributed by atoms with Gasteiger partial charge in [-0.15, -0.1) is 0 Å². The molecule has 0 aromatic rings.